The Kier molecular flexibility index (Phi) is 5.59. The van der Waals surface area contributed by atoms with E-state index in [2.05, 4.69) is 11.8 Å². The number of ether oxygens (including phenoxy) is 1. The summed E-state index contributed by atoms with van der Waals surface area (Å²) >= 11 is 1.62. The number of aryl methyl sites for hydroxylation is 1. The van der Waals surface area contributed by atoms with Gasteiger partial charge in [-0.05, 0) is 43.3 Å². The van der Waals surface area contributed by atoms with Crippen LogP contribution in [0.3, 0.4) is 0 Å². The maximum absolute atomic E-state index is 12.9. The van der Waals surface area contributed by atoms with Gasteiger partial charge in [0.05, 0.1) is 24.2 Å². The third-order valence-electron chi connectivity index (χ3n) is 5.89. The smallest absolute Gasteiger partial charge is 0.229 e. The summed E-state index contributed by atoms with van der Waals surface area (Å²) in [6.07, 6.45) is 3.49. The van der Waals surface area contributed by atoms with Gasteiger partial charge in [-0.25, -0.2) is 4.98 Å². The van der Waals surface area contributed by atoms with Crippen molar-refractivity contribution in [3.63, 3.8) is 0 Å². The van der Waals surface area contributed by atoms with E-state index >= 15 is 0 Å². The highest BCUT2D eigenvalue weighted by Gasteiger charge is 2.28. The Labute approximate surface area is 186 Å². The highest BCUT2D eigenvalue weighted by Crippen LogP contribution is 2.32. The Morgan fingerprint density at radius 1 is 1.10 bits per heavy atom. The van der Waals surface area contributed by atoms with Crippen molar-refractivity contribution in [2.45, 2.75) is 39.2 Å². The largest absolute Gasteiger partial charge is 0.438 e. The van der Waals surface area contributed by atoms with Crippen LogP contribution in [-0.2, 0) is 24.2 Å². The first-order chi connectivity index (χ1) is 15.2. The zero-order valence-corrected chi connectivity index (χ0v) is 18.5. The van der Waals surface area contributed by atoms with E-state index in [4.69, 9.17) is 14.7 Å². The third kappa shape index (κ3) is 4.42. The topological polar surface area (TPSA) is 58.6 Å². The molecular formula is C24H26N4O2S. The van der Waals surface area contributed by atoms with E-state index in [1.54, 1.807) is 11.3 Å². The number of benzene rings is 1. The van der Waals surface area contributed by atoms with Crippen LogP contribution in [0.5, 0.6) is 11.6 Å². The number of amides is 1. The normalized spacial score (nSPS) is 15.8. The molecule has 1 saturated heterocycles. The minimum absolute atomic E-state index is 0.137. The highest BCUT2D eigenvalue weighted by molar-refractivity contribution is 7.10. The van der Waals surface area contributed by atoms with Crippen LogP contribution in [0.25, 0.3) is 0 Å². The van der Waals surface area contributed by atoms with Gasteiger partial charge in [0.1, 0.15) is 5.75 Å². The second-order valence-corrected chi connectivity index (χ2v) is 9.22. The zero-order valence-electron chi connectivity index (χ0n) is 17.7. The monoisotopic (exact) mass is 434 g/mol. The molecule has 1 aromatic carbocycles. The van der Waals surface area contributed by atoms with Gasteiger partial charge in [-0.1, -0.05) is 23.8 Å². The molecule has 0 radical (unpaired) electrons. The van der Waals surface area contributed by atoms with Crippen molar-refractivity contribution in [2.24, 2.45) is 0 Å². The predicted molar refractivity (Wildman–Crippen MR) is 122 cm³/mol. The van der Waals surface area contributed by atoms with Gasteiger partial charge in [-0.3, -0.25) is 4.79 Å². The molecular weight excluding hydrogens is 408 g/mol. The summed E-state index contributed by atoms with van der Waals surface area (Å²) in [7, 11) is 0. The quantitative estimate of drug-likeness (QED) is 0.597. The summed E-state index contributed by atoms with van der Waals surface area (Å²) in [5, 5.41) is 2.01. The van der Waals surface area contributed by atoms with Crippen LogP contribution in [0.4, 0.5) is 5.95 Å². The van der Waals surface area contributed by atoms with Crippen LogP contribution < -0.4 is 9.64 Å². The average Bonchev–Trinajstić information content (AvgIpc) is 3.49. The van der Waals surface area contributed by atoms with Gasteiger partial charge in [0.2, 0.25) is 17.7 Å². The van der Waals surface area contributed by atoms with Crippen molar-refractivity contribution < 1.29 is 9.53 Å². The minimum atomic E-state index is 0.137. The van der Waals surface area contributed by atoms with Gasteiger partial charge in [-0.2, -0.15) is 4.98 Å². The van der Waals surface area contributed by atoms with Crippen molar-refractivity contribution in [3.05, 3.63) is 63.5 Å². The number of rotatable bonds is 5. The molecule has 1 fully saturated rings. The van der Waals surface area contributed by atoms with Crippen LogP contribution in [0, 0.1) is 6.92 Å². The summed E-state index contributed by atoms with van der Waals surface area (Å²) in [5.74, 6) is 2.21. The lowest BCUT2D eigenvalue weighted by atomic mass is 10.1. The summed E-state index contributed by atoms with van der Waals surface area (Å²) in [4.78, 5) is 27.8. The molecule has 160 valence electrons. The number of hydrogen-bond donors (Lipinski definition) is 0. The van der Waals surface area contributed by atoms with Crippen LogP contribution in [0.15, 0.2) is 41.8 Å². The van der Waals surface area contributed by atoms with Gasteiger partial charge < -0.3 is 14.5 Å². The molecule has 0 atom stereocenters. The average molecular weight is 435 g/mol. The number of carbonyl (C=O) groups is 1. The van der Waals surface area contributed by atoms with Gasteiger partial charge in [0, 0.05) is 30.9 Å². The first-order valence-electron chi connectivity index (χ1n) is 10.8. The lowest BCUT2D eigenvalue weighted by molar-refractivity contribution is -0.131. The fourth-order valence-corrected chi connectivity index (χ4v) is 4.82. The molecule has 4 heterocycles. The van der Waals surface area contributed by atoms with E-state index in [0.29, 0.717) is 25.4 Å². The van der Waals surface area contributed by atoms with Crippen molar-refractivity contribution in [1.82, 2.24) is 14.9 Å². The van der Waals surface area contributed by atoms with E-state index < -0.39 is 0 Å². The van der Waals surface area contributed by atoms with Crippen LogP contribution >= 0.6 is 11.3 Å². The third-order valence-corrected chi connectivity index (χ3v) is 6.77. The number of fused-ring (bicyclic) bond motifs is 1. The molecule has 7 heteroatoms. The first-order valence-corrected chi connectivity index (χ1v) is 11.7. The SMILES string of the molecule is Cc1ccc(Oc2nc(N3CCCC3)nc3c2CN(C(=O)Cc2cccs2)CC3)cc1. The fraction of sp³-hybridized carbons (Fsp3) is 0.375. The molecule has 0 N–H and O–H groups in total. The second-order valence-electron chi connectivity index (χ2n) is 8.18. The molecule has 0 saturated carbocycles. The molecule has 2 aliphatic rings. The molecule has 0 unspecified atom stereocenters. The first kappa shape index (κ1) is 20.0. The van der Waals surface area contributed by atoms with Crippen LogP contribution in [0.2, 0.25) is 0 Å². The molecule has 0 bridgehead atoms. The maximum atomic E-state index is 12.9. The Morgan fingerprint density at radius 2 is 1.90 bits per heavy atom. The van der Waals surface area contributed by atoms with Gasteiger partial charge in [0.15, 0.2) is 0 Å². The van der Waals surface area contributed by atoms with Crippen molar-refractivity contribution in [3.8, 4) is 11.6 Å². The Balaban J connectivity index is 1.44. The predicted octanol–water partition coefficient (Wildman–Crippen LogP) is 4.37. The number of nitrogens with zero attached hydrogens (tertiary/aromatic N) is 4. The molecule has 6 nitrogen and oxygen atoms in total. The molecule has 31 heavy (non-hydrogen) atoms. The summed E-state index contributed by atoms with van der Waals surface area (Å²) in [5.41, 5.74) is 3.11. The van der Waals surface area contributed by atoms with Gasteiger partial charge in [-0.15, -0.1) is 11.3 Å². The number of aromatic nitrogens is 2. The Bertz CT molecular complexity index is 1060. The Morgan fingerprint density at radius 3 is 2.65 bits per heavy atom. The van der Waals surface area contributed by atoms with Gasteiger partial charge in [0.25, 0.3) is 0 Å². The molecule has 1 amide bonds. The van der Waals surface area contributed by atoms with E-state index in [1.807, 2.05) is 46.7 Å². The summed E-state index contributed by atoms with van der Waals surface area (Å²) in [6, 6.07) is 12.0. The minimum Gasteiger partial charge on any atom is -0.438 e. The highest BCUT2D eigenvalue weighted by atomic mass is 32.1. The molecule has 2 aliphatic heterocycles. The number of thiophene rings is 1. The maximum Gasteiger partial charge on any atom is 0.229 e. The summed E-state index contributed by atoms with van der Waals surface area (Å²) < 4.78 is 6.25. The lowest BCUT2D eigenvalue weighted by Gasteiger charge is -2.30. The van der Waals surface area contributed by atoms with Crippen LogP contribution in [-0.4, -0.2) is 40.4 Å². The number of anilines is 1. The number of carbonyl (C=O) groups excluding carboxylic acids is 1. The van der Waals surface area contributed by atoms with Crippen molar-refractivity contribution in [1.29, 1.82) is 0 Å². The van der Waals surface area contributed by atoms with E-state index in [9.17, 15) is 4.79 Å². The van der Waals surface area contributed by atoms with E-state index in [0.717, 1.165) is 47.3 Å². The molecule has 0 spiro atoms. The molecule has 3 aromatic rings. The number of hydrogen-bond acceptors (Lipinski definition) is 6. The van der Waals surface area contributed by atoms with Gasteiger partial charge >= 0.3 is 0 Å². The molecule has 2 aromatic heterocycles. The van der Waals surface area contributed by atoms with E-state index in [1.165, 1.54) is 18.4 Å². The lowest BCUT2D eigenvalue weighted by Crippen LogP contribution is -2.38. The van der Waals surface area contributed by atoms with Crippen molar-refractivity contribution in [2.75, 3.05) is 24.5 Å². The van der Waals surface area contributed by atoms with Crippen molar-refractivity contribution >= 4 is 23.2 Å². The second kappa shape index (κ2) is 8.67. The molecule has 0 aliphatic carbocycles. The van der Waals surface area contributed by atoms with E-state index in [-0.39, 0.29) is 5.91 Å². The standard InChI is InChI=1S/C24H26N4O2S/c1-17-6-8-18(9-7-17)30-23-20-16-28(22(29)15-19-5-4-14-31-19)13-10-21(20)25-24(26-23)27-11-2-3-12-27/h4-9,14H,2-3,10-13,15-16H2,1H3. The Hall–Kier alpha value is -2.93. The zero-order chi connectivity index (χ0) is 21.2. The summed E-state index contributed by atoms with van der Waals surface area (Å²) in [6.45, 7) is 5.18. The van der Waals surface area contributed by atoms with Crippen LogP contribution in [0.1, 0.15) is 34.5 Å². The fourth-order valence-electron chi connectivity index (χ4n) is 4.12. The molecule has 5 rings (SSSR count).